The van der Waals surface area contributed by atoms with E-state index in [4.69, 9.17) is 4.74 Å². The van der Waals surface area contributed by atoms with Gasteiger partial charge in [-0.25, -0.2) is 27.8 Å². The minimum Gasteiger partial charge on any atom is -0.494 e. The fraction of sp³-hybridized carbons (Fsp3) is 0.208. The van der Waals surface area contributed by atoms with Gasteiger partial charge in [0.25, 0.3) is 12.3 Å². The Bertz CT molecular complexity index is 1680. The minimum atomic E-state index is -2.82. The number of fused-ring (bicyclic) bond motifs is 1. The Morgan fingerprint density at radius 1 is 1.11 bits per heavy atom. The van der Waals surface area contributed by atoms with Crippen molar-refractivity contribution in [2.45, 2.75) is 20.3 Å². The molecule has 0 atom stereocenters. The third-order valence-corrected chi connectivity index (χ3v) is 6.70. The van der Waals surface area contributed by atoms with Crippen LogP contribution in [0.15, 0.2) is 30.7 Å². The maximum absolute atomic E-state index is 15.4. The number of carbonyl (C=O) groups excluding carboxylic acids is 1. The van der Waals surface area contributed by atoms with E-state index in [9.17, 15) is 13.6 Å². The van der Waals surface area contributed by atoms with Gasteiger partial charge in [-0.3, -0.25) is 20.1 Å². The van der Waals surface area contributed by atoms with Crippen LogP contribution >= 0.6 is 11.3 Å². The molecule has 1 amide bonds. The number of aryl methyl sites for hydroxylation is 3. The van der Waals surface area contributed by atoms with Crippen molar-refractivity contribution >= 4 is 32.6 Å². The SMILES string of the molecule is COc1cnc(C(F)F)cc1-c1cc(C)ncc1C(=O)Nc1nc2cnc(-c3c(C)nnn3C)c(F)c2s1. The lowest BCUT2D eigenvalue weighted by Crippen LogP contribution is -2.14. The Morgan fingerprint density at radius 2 is 1.89 bits per heavy atom. The van der Waals surface area contributed by atoms with Crippen molar-refractivity contribution in [2.24, 2.45) is 7.05 Å². The molecule has 38 heavy (non-hydrogen) atoms. The summed E-state index contributed by atoms with van der Waals surface area (Å²) < 4.78 is 49.1. The van der Waals surface area contributed by atoms with E-state index < -0.39 is 23.8 Å². The Labute approximate surface area is 217 Å². The molecule has 0 saturated heterocycles. The molecule has 0 aromatic carbocycles. The first kappa shape index (κ1) is 25.2. The highest BCUT2D eigenvalue weighted by Crippen LogP contribution is 2.36. The predicted molar refractivity (Wildman–Crippen MR) is 134 cm³/mol. The number of alkyl halides is 2. The quantitative estimate of drug-likeness (QED) is 0.323. The summed E-state index contributed by atoms with van der Waals surface area (Å²) in [4.78, 5) is 29.7. The highest BCUT2D eigenvalue weighted by molar-refractivity contribution is 7.22. The van der Waals surface area contributed by atoms with Crippen LogP contribution in [0.4, 0.5) is 18.3 Å². The number of amides is 1. The van der Waals surface area contributed by atoms with Crippen LogP contribution in [0, 0.1) is 19.7 Å². The first-order chi connectivity index (χ1) is 18.2. The molecule has 0 aliphatic heterocycles. The summed E-state index contributed by atoms with van der Waals surface area (Å²) in [6, 6.07) is 2.76. The molecule has 10 nitrogen and oxygen atoms in total. The summed E-state index contributed by atoms with van der Waals surface area (Å²) in [5.41, 5.74) is 1.97. The topological polar surface area (TPSA) is 121 Å². The summed E-state index contributed by atoms with van der Waals surface area (Å²) in [6.07, 6.45) is 1.09. The molecule has 0 spiro atoms. The van der Waals surface area contributed by atoms with Gasteiger partial charge in [-0.15, -0.1) is 5.10 Å². The van der Waals surface area contributed by atoms with Gasteiger partial charge in [-0.05, 0) is 26.0 Å². The largest absolute Gasteiger partial charge is 0.494 e. The third kappa shape index (κ3) is 4.42. The maximum Gasteiger partial charge on any atom is 0.280 e. The van der Waals surface area contributed by atoms with E-state index in [2.05, 4.69) is 35.6 Å². The lowest BCUT2D eigenvalue weighted by atomic mass is 9.99. The molecule has 0 aliphatic rings. The average molecular weight is 541 g/mol. The van der Waals surface area contributed by atoms with Crippen LogP contribution in [0.2, 0.25) is 0 Å². The molecular formula is C24H19F3N8O2S. The number of methoxy groups -OCH3 is 1. The number of nitrogens with one attached hydrogen (secondary N) is 1. The van der Waals surface area contributed by atoms with E-state index in [1.807, 2.05) is 0 Å². The molecule has 0 bridgehead atoms. The number of thiazole rings is 1. The zero-order valence-electron chi connectivity index (χ0n) is 20.5. The Balaban J connectivity index is 1.53. The molecule has 5 aromatic heterocycles. The second kappa shape index (κ2) is 9.78. The number of rotatable bonds is 6. The molecule has 0 fully saturated rings. The number of pyridine rings is 3. The smallest absolute Gasteiger partial charge is 0.280 e. The summed E-state index contributed by atoms with van der Waals surface area (Å²) >= 11 is 0.926. The Kier molecular flexibility index (Phi) is 6.48. The first-order valence-electron chi connectivity index (χ1n) is 11.1. The van der Waals surface area contributed by atoms with Crippen LogP contribution in [0.3, 0.4) is 0 Å². The molecular weight excluding hydrogens is 521 g/mol. The van der Waals surface area contributed by atoms with Gasteiger partial charge in [0.15, 0.2) is 10.9 Å². The molecule has 14 heteroatoms. The standard InChI is InChI=1S/C24H19F3N8O2S/c1-10-5-12(13-6-15(22(26)27)29-9-17(13)37-4)14(7-28-10)23(36)32-24-31-16-8-30-19(18(25)21(16)38-24)20-11(2)33-34-35(20)3/h5-9,22H,1-4H3,(H,31,32,36). The van der Waals surface area contributed by atoms with E-state index in [0.717, 1.165) is 11.3 Å². The van der Waals surface area contributed by atoms with Crippen molar-refractivity contribution in [2.75, 3.05) is 12.4 Å². The second-order valence-electron chi connectivity index (χ2n) is 8.24. The predicted octanol–water partition coefficient (Wildman–Crippen LogP) is 4.90. The van der Waals surface area contributed by atoms with Gasteiger partial charge in [-0.1, -0.05) is 16.6 Å². The molecule has 0 saturated carbocycles. The molecule has 194 valence electrons. The van der Waals surface area contributed by atoms with Gasteiger partial charge < -0.3 is 4.74 Å². The Hall–Kier alpha value is -4.46. The molecule has 5 rings (SSSR count). The highest BCUT2D eigenvalue weighted by Gasteiger charge is 2.23. The van der Waals surface area contributed by atoms with Crippen LogP contribution in [-0.4, -0.2) is 47.9 Å². The van der Waals surface area contributed by atoms with Crippen molar-refractivity contribution in [3.63, 3.8) is 0 Å². The van der Waals surface area contributed by atoms with E-state index in [1.54, 1.807) is 27.0 Å². The van der Waals surface area contributed by atoms with E-state index >= 15 is 4.39 Å². The van der Waals surface area contributed by atoms with Crippen LogP contribution in [-0.2, 0) is 7.05 Å². The number of hydrogen-bond donors (Lipinski definition) is 1. The Morgan fingerprint density at radius 3 is 2.58 bits per heavy atom. The summed E-state index contributed by atoms with van der Waals surface area (Å²) in [5.74, 6) is -1.04. The first-order valence-corrected chi connectivity index (χ1v) is 11.9. The summed E-state index contributed by atoms with van der Waals surface area (Å²) in [5, 5.41) is 10.6. The number of anilines is 1. The molecule has 0 aliphatic carbocycles. The van der Waals surface area contributed by atoms with Gasteiger partial charge in [0.1, 0.15) is 28.3 Å². The van der Waals surface area contributed by atoms with Crippen LogP contribution in [0.1, 0.15) is 33.9 Å². The molecule has 0 radical (unpaired) electrons. The van der Waals surface area contributed by atoms with Gasteiger partial charge in [0, 0.05) is 30.1 Å². The molecule has 1 N–H and O–H groups in total. The van der Waals surface area contributed by atoms with Crippen LogP contribution in [0.25, 0.3) is 32.7 Å². The molecule has 0 unspecified atom stereocenters. The summed E-state index contributed by atoms with van der Waals surface area (Å²) in [7, 11) is 3.01. The number of nitrogens with zero attached hydrogens (tertiary/aromatic N) is 7. The van der Waals surface area contributed by atoms with Gasteiger partial charge >= 0.3 is 0 Å². The number of aromatic nitrogens is 7. The maximum atomic E-state index is 15.4. The second-order valence-corrected chi connectivity index (χ2v) is 9.24. The number of carbonyl (C=O) groups is 1. The molecule has 5 heterocycles. The fourth-order valence-corrected chi connectivity index (χ4v) is 4.82. The average Bonchev–Trinajstić information content (AvgIpc) is 3.46. The van der Waals surface area contributed by atoms with Crippen LogP contribution in [0.5, 0.6) is 5.75 Å². The zero-order valence-corrected chi connectivity index (χ0v) is 21.3. The fourth-order valence-electron chi connectivity index (χ4n) is 3.95. The number of ether oxygens (including phenoxy) is 1. The highest BCUT2D eigenvalue weighted by atomic mass is 32.1. The van der Waals surface area contributed by atoms with Crippen molar-refractivity contribution in [1.82, 2.24) is 34.9 Å². The zero-order chi connectivity index (χ0) is 27.1. The van der Waals surface area contributed by atoms with Crippen molar-refractivity contribution in [3.8, 4) is 28.3 Å². The van der Waals surface area contributed by atoms with Gasteiger partial charge in [0.2, 0.25) is 0 Å². The van der Waals surface area contributed by atoms with Crippen LogP contribution < -0.4 is 10.1 Å². The van der Waals surface area contributed by atoms with Gasteiger partial charge in [0.05, 0.1) is 35.5 Å². The normalized spacial score (nSPS) is 11.4. The van der Waals surface area contributed by atoms with E-state index in [1.165, 1.54) is 36.4 Å². The van der Waals surface area contributed by atoms with Gasteiger partial charge in [-0.2, -0.15) is 0 Å². The lowest BCUT2D eigenvalue weighted by molar-refractivity contribution is 0.102. The lowest BCUT2D eigenvalue weighted by Gasteiger charge is -2.14. The van der Waals surface area contributed by atoms with Crippen molar-refractivity contribution in [3.05, 3.63) is 59.2 Å². The van der Waals surface area contributed by atoms with E-state index in [-0.39, 0.29) is 37.9 Å². The minimum absolute atomic E-state index is 0.0636. The number of hydrogen-bond acceptors (Lipinski definition) is 9. The molecule has 5 aromatic rings. The van der Waals surface area contributed by atoms with E-state index in [0.29, 0.717) is 22.6 Å². The third-order valence-electron chi connectivity index (χ3n) is 5.72. The number of halogens is 3. The monoisotopic (exact) mass is 540 g/mol. The van der Waals surface area contributed by atoms with Crippen molar-refractivity contribution < 1.29 is 22.7 Å². The summed E-state index contributed by atoms with van der Waals surface area (Å²) in [6.45, 7) is 3.40. The van der Waals surface area contributed by atoms with Crippen molar-refractivity contribution in [1.29, 1.82) is 0 Å².